The number of hydrogen-bond donors (Lipinski definition) is 1. The van der Waals surface area contributed by atoms with Crippen molar-refractivity contribution in [3.63, 3.8) is 0 Å². The summed E-state index contributed by atoms with van der Waals surface area (Å²) >= 11 is 0. The molecule has 2 unspecified atom stereocenters. The van der Waals surface area contributed by atoms with Crippen LogP contribution in [0, 0.1) is 5.41 Å². The van der Waals surface area contributed by atoms with Crippen LogP contribution in [0.3, 0.4) is 0 Å². The number of methoxy groups -OCH3 is 1. The smallest absolute Gasteiger partial charge is 0.311 e. The third kappa shape index (κ3) is 3.43. The molecule has 17 heavy (non-hydrogen) atoms. The molecule has 98 valence electrons. The number of carbonyl (C=O) groups is 2. The zero-order chi connectivity index (χ0) is 13.1. The van der Waals surface area contributed by atoms with Crippen molar-refractivity contribution >= 4 is 11.9 Å². The SMILES string of the molecule is COC(C)CCC(=O)N1CCC(C)(C(=O)O)C1. The molecule has 0 spiro atoms. The van der Waals surface area contributed by atoms with Crippen LogP contribution < -0.4 is 0 Å². The zero-order valence-electron chi connectivity index (χ0n) is 10.7. The lowest BCUT2D eigenvalue weighted by Crippen LogP contribution is -2.35. The first kappa shape index (κ1) is 14.0. The van der Waals surface area contributed by atoms with Crippen LogP contribution in [0.1, 0.15) is 33.1 Å². The molecule has 0 aromatic rings. The van der Waals surface area contributed by atoms with E-state index in [9.17, 15) is 9.59 Å². The number of carboxylic acid groups (broad SMARTS) is 1. The Labute approximate surface area is 102 Å². The van der Waals surface area contributed by atoms with Gasteiger partial charge in [-0.15, -0.1) is 0 Å². The van der Waals surface area contributed by atoms with Gasteiger partial charge < -0.3 is 14.7 Å². The van der Waals surface area contributed by atoms with Gasteiger partial charge in [0.25, 0.3) is 0 Å². The molecule has 0 radical (unpaired) electrons. The van der Waals surface area contributed by atoms with Crippen LogP contribution in [0.25, 0.3) is 0 Å². The van der Waals surface area contributed by atoms with Crippen LogP contribution in [0.4, 0.5) is 0 Å². The van der Waals surface area contributed by atoms with Gasteiger partial charge in [-0.2, -0.15) is 0 Å². The minimum atomic E-state index is -0.821. The molecule has 0 aromatic carbocycles. The van der Waals surface area contributed by atoms with E-state index in [4.69, 9.17) is 9.84 Å². The van der Waals surface area contributed by atoms with Gasteiger partial charge in [0.1, 0.15) is 0 Å². The Morgan fingerprint density at radius 3 is 2.65 bits per heavy atom. The van der Waals surface area contributed by atoms with Gasteiger partial charge in [0.2, 0.25) is 5.91 Å². The van der Waals surface area contributed by atoms with Crippen LogP contribution in [0.15, 0.2) is 0 Å². The summed E-state index contributed by atoms with van der Waals surface area (Å²) in [5.41, 5.74) is -0.775. The highest BCUT2D eigenvalue weighted by Crippen LogP contribution is 2.30. The first-order chi connectivity index (χ1) is 7.89. The molecule has 0 aliphatic carbocycles. The highest BCUT2D eigenvalue weighted by Gasteiger charge is 2.41. The molecule has 0 bridgehead atoms. The number of rotatable bonds is 5. The van der Waals surface area contributed by atoms with E-state index in [-0.39, 0.29) is 12.0 Å². The molecule has 1 saturated heterocycles. The third-order valence-corrected chi connectivity index (χ3v) is 3.51. The Bertz CT molecular complexity index is 305. The maximum absolute atomic E-state index is 11.9. The van der Waals surface area contributed by atoms with Crippen molar-refractivity contribution in [2.24, 2.45) is 5.41 Å². The standard InChI is InChI=1S/C12H21NO4/c1-9(17-3)4-5-10(14)13-7-6-12(2,8-13)11(15)16/h9H,4-8H2,1-3H3,(H,15,16). The second-order valence-electron chi connectivity index (χ2n) is 5.02. The van der Waals surface area contributed by atoms with E-state index >= 15 is 0 Å². The highest BCUT2D eigenvalue weighted by molar-refractivity contribution is 5.80. The van der Waals surface area contributed by atoms with E-state index in [0.29, 0.717) is 32.4 Å². The second kappa shape index (κ2) is 5.49. The lowest BCUT2D eigenvalue weighted by Gasteiger charge is -2.20. The number of nitrogens with zero attached hydrogens (tertiary/aromatic N) is 1. The van der Waals surface area contributed by atoms with Crippen LogP contribution in [-0.2, 0) is 14.3 Å². The van der Waals surface area contributed by atoms with Crippen LogP contribution in [-0.4, -0.2) is 48.2 Å². The molecule has 0 saturated carbocycles. The quantitative estimate of drug-likeness (QED) is 0.786. The number of carboxylic acids is 1. The van der Waals surface area contributed by atoms with Crippen molar-refractivity contribution < 1.29 is 19.4 Å². The molecule has 1 amide bonds. The van der Waals surface area contributed by atoms with Gasteiger partial charge in [-0.3, -0.25) is 9.59 Å². The summed E-state index contributed by atoms with van der Waals surface area (Å²) in [5, 5.41) is 9.07. The number of likely N-dealkylation sites (tertiary alicyclic amines) is 1. The molecule has 5 heteroatoms. The van der Waals surface area contributed by atoms with Gasteiger partial charge in [0.05, 0.1) is 11.5 Å². The van der Waals surface area contributed by atoms with E-state index < -0.39 is 11.4 Å². The fourth-order valence-electron chi connectivity index (χ4n) is 1.95. The lowest BCUT2D eigenvalue weighted by molar-refractivity contribution is -0.147. The summed E-state index contributed by atoms with van der Waals surface area (Å²) in [4.78, 5) is 24.5. The number of amides is 1. The maximum Gasteiger partial charge on any atom is 0.311 e. The van der Waals surface area contributed by atoms with E-state index in [0.717, 1.165) is 0 Å². The highest BCUT2D eigenvalue weighted by atomic mass is 16.5. The maximum atomic E-state index is 11.9. The summed E-state index contributed by atoms with van der Waals surface area (Å²) < 4.78 is 5.08. The van der Waals surface area contributed by atoms with E-state index in [1.54, 1.807) is 18.9 Å². The number of aliphatic carboxylic acids is 1. The van der Waals surface area contributed by atoms with Crippen molar-refractivity contribution in [1.29, 1.82) is 0 Å². The Balaban J connectivity index is 2.43. The van der Waals surface area contributed by atoms with Crippen molar-refractivity contribution in [3.8, 4) is 0 Å². The average molecular weight is 243 g/mol. The van der Waals surface area contributed by atoms with Gasteiger partial charge >= 0.3 is 5.97 Å². The van der Waals surface area contributed by atoms with Crippen molar-refractivity contribution in [3.05, 3.63) is 0 Å². The summed E-state index contributed by atoms with van der Waals surface area (Å²) in [6, 6.07) is 0. The fourth-order valence-corrected chi connectivity index (χ4v) is 1.95. The largest absolute Gasteiger partial charge is 0.481 e. The number of carbonyl (C=O) groups excluding carboxylic acids is 1. The zero-order valence-corrected chi connectivity index (χ0v) is 10.7. The predicted octanol–water partition coefficient (Wildman–Crippen LogP) is 1.12. The molecule has 1 aliphatic rings. The summed E-state index contributed by atoms with van der Waals surface area (Å²) in [5.74, 6) is -0.795. The average Bonchev–Trinajstić information content (AvgIpc) is 2.69. The number of hydrogen-bond acceptors (Lipinski definition) is 3. The molecule has 1 fully saturated rings. The Hall–Kier alpha value is -1.10. The Morgan fingerprint density at radius 1 is 1.53 bits per heavy atom. The molecular formula is C12H21NO4. The van der Waals surface area contributed by atoms with Crippen LogP contribution in [0.5, 0.6) is 0 Å². The van der Waals surface area contributed by atoms with E-state index in [2.05, 4.69) is 0 Å². The Kier molecular flexibility index (Phi) is 4.51. The molecule has 1 N–H and O–H groups in total. The Morgan fingerprint density at radius 2 is 2.18 bits per heavy atom. The summed E-state index contributed by atoms with van der Waals surface area (Å²) in [7, 11) is 1.62. The molecule has 1 rings (SSSR count). The predicted molar refractivity (Wildman–Crippen MR) is 62.6 cm³/mol. The lowest BCUT2D eigenvalue weighted by atomic mass is 9.90. The van der Waals surface area contributed by atoms with Gasteiger partial charge in [-0.1, -0.05) is 0 Å². The molecule has 1 heterocycles. The van der Waals surface area contributed by atoms with Crippen molar-refractivity contribution in [2.45, 2.75) is 39.2 Å². The van der Waals surface area contributed by atoms with Crippen LogP contribution >= 0.6 is 0 Å². The first-order valence-corrected chi connectivity index (χ1v) is 5.93. The fraction of sp³-hybridized carbons (Fsp3) is 0.833. The van der Waals surface area contributed by atoms with E-state index in [1.807, 2.05) is 6.92 Å². The number of ether oxygens (including phenoxy) is 1. The second-order valence-corrected chi connectivity index (χ2v) is 5.02. The third-order valence-electron chi connectivity index (χ3n) is 3.51. The van der Waals surface area contributed by atoms with Gasteiger partial charge in [0.15, 0.2) is 0 Å². The summed E-state index contributed by atoms with van der Waals surface area (Å²) in [6.45, 7) is 4.48. The van der Waals surface area contributed by atoms with Gasteiger partial charge in [0, 0.05) is 26.6 Å². The van der Waals surface area contributed by atoms with Crippen molar-refractivity contribution in [2.75, 3.05) is 20.2 Å². The molecule has 0 aromatic heterocycles. The van der Waals surface area contributed by atoms with Gasteiger partial charge in [-0.25, -0.2) is 0 Å². The monoisotopic (exact) mass is 243 g/mol. The molecule has 1 aliphatic heterocycles. The van der Waals surface area contributed by atoms with Crippen molar-refractivity contribution in [1.82, 2.24) is 4.90 Å². The topological polar surface area (TPSA) is 66.8 Å². The van der Waals surface area contributed by atoms with Gasteiger partial charge in [-0.05, 0) is 26.7 Å². The normalized spacial score (nSPS) is 25.9. The minimum Gasteiger partial charge on any atom is -0.481 e. The molecular weight excluding hydrogens is 222 g/mol. The molecule has 2 atom stereocenters. The first-order valence-electron chi connectivity index (χ1n) is 5.93. The van der Waals surface area contributed by atoms with E-state index in [1.165, 1.54) is 0 Å². The van der Waals surface area contributed by atoms with Crippen LogP contribution in [0.2, 0.25) is 0 Å². The summed E-state index contributed by atoms with van der Waals surface area (Å²) in [6.07, 6.45) is 1.70. The molecule has 5 nitrogen and oxygen atoms in total. The minimum absolute atomic E-state index is 0.0267.